The second kappa shape index (κ2) is 12.6. The monoisotopic (exact) mass is 441 g/mol. The van der Waals surface area contributed by atoms with Crippen LogP contribution in [0.5, 0.6) is 0 Å². The molecule has 2 unspecified atom stereocenters. The number of rotatable bonds is 13. The van der Waals surface area contributed by atoms with Crippen LogP contribution >= 0.6 is 7.81 Å². The van der Waals surface area contributed by atoms with Gasteiger partial charge in [-0.05, 0) is 25.7 Å². The van der Waals surface area contributed by atoms with Crippen molar-refractivity contribution < 1.29 is 30.1 Å². The molecule has 0 aliphatic carbocycles. The third-order valence-corrected chi connectivity index (χ3v) is 5.25. The normalized spacial score (nSPS) is 22.7. The summed E-state index contributed by atoms with van der Waals surface area (Å²) in [5, 5.41) is 0. The van der Waals surface area contributed by atoms with Gasteiger partial charge in [0.2, 0.25) is 0 Å². The van der Waals surface area contributed by atoms with Crippen molar-refractivity contribution in [3.8, 4) is 0 Å². The third-order valence-electron chi connectivity index (χ3n) is 5.25. The van der Waals surface area contributed by atoms with E-state index in [4.69, 9.17) is 0 Å². The second-order valence-corrected chi connectivity index (χ2v) is 10.5. The molecule has 28 heavy (non-hydrogen) atoms. The maximum atomic E-state index is 9.87. The summed E-state index contributed by atoms with van der Waals surface area (Å²) in [4.78, 5) is 1.89. The molecule has 0 saturated carbocycles. The molecule has 1 aliphatic rings. The van der Waals surface area contributed by atoms with Crippen LogP contribution in [0.25, 0.3) is 0 Å². The Labute approximate surface area is 167 Å². The Hall–Kier alpha value is -0.0300. The molecule has 2 atom stereocenters. The van der Waals surface area contributed by atoms with Crippen LogP contribution in [-0.2, 0) is 0 Å². The van der Waals surface area contributed by atoms with Gasteiger partial charge in [-0.15, -0.1) is 0 Å². The Balaban J connectivity index is 0.000000887. The van der Waals surface area contributed by atoms with Crippen molar-refractivity contribution >= 4 is 7.81 Å². The second-order valence-electron chi connectivity index (χ2n) is 8.55. The summed E-state index contributed by atoms with van der Waals surface area (Å²) in [7, 11) is -10.7. The molecule has 0 aromatic carbocycles. The van der Waals surface area contributed by atoms with Crippen LogP contribution < -0.4 is 4.90 Å². The first-order chi connectivity index (χ1) is 12.8. The number of unbranched alkanes of at least 4 members (excludes halogenated alkanes) is 11. The van der Waals surface area contributed by atoms with E-state index in [9.17, 15) is 25.2 Å². The molecule has 1 rings (SSSR count). The molecule has 0 amide bonds. The van der Waals surface area contributed by atoms with Crippen LogP contribution in [0.2, 0.25) is 0 Å². The van der Waals surface area contributed by atoms with Gasteiger partial charge in [-0.1, -0.05) is 78.1 Å². The molecular formula is C20H42F6NP. The van der Waals surface area contributed by atoms with Crippen molar-refractivity contribution in [2.45, 2.75) is 104 Å². The van der Waals surface area contributed by atoms with Crippen molar-refractivity contribution in [2.24, 2.45) is 5.92 Å². The Bertz CT molecular complexity index is 373. The number of likely N-dealkylation sites (tertiary alicyclic amines) is 1. The van der Waals surface area contributed by atoms with Gasteiger partial charge in [-0.25, -0.2) is 0 Å². The van der Waals surface area contributed by atoms with E-state index in [0.29, 0.717) is 0 Å². The summed E-state index contributed by atoms with van der Waals surface area (Å²) >= 11 is 0. The van der Waals surface area contributed by atoms with Crippen molar-refractivity contribution in [3.63, 3.8) is 0 Å². The van der Waals surface area contributed by atoms with Gasteiger partial charge in [-0.2, -0.15) is 0 Å². The number of nitrogens with one attached hydrogen (secondary N) is 1. The first-order valence-electron chi connectivity index (χ1n) is 11.2. The van der Waals surface area contributed by atoms with Crippen LogP contribution in [-0.4, -0.2) is 19.6 Å². The Morgan fingerprint density at radius 3 is 1.50 bits per heavy atom. The zero-order valence-corrected chi connectivity index (χ0v) is 18.7. The number of hydrogen-bond acceptors (Lipinski definition) is 0. The minimum absolute atomic E-state index is 0.978. The van der Waals surface area contributed by atoms with E-state index >= 15 is 0 Å². The van der Waals surface area contributed by atoms with Crippen molar-refractivity contribution in [1.29, 1.82) is 0 Å². The van der Waals surface area contributed by atoms with Crippen LogP contribution in [0.15, 0.2) is 0 Å². The molecular weight excluding hydrogens is 399 g/mol. The van der Waals surface area contributed by atoms with Gasteiger partial charge in [0.05, 0.1) is 19.6 Å². The number of hydrogen-bond donors (Lipinski definition) is 1. The van der Waals surface area contributed by atoms with E-state index in [1.807, 2.05) is 4.90 Å². The van der Waals surface area contributed by atoms with Gasteiger partial charge in [0.15, 0.2) is 0 Å². The van der Waals surface area contributed by atoms with Crippen molar-refractivity contribution in [2.75, 3.05) is 19.6 Å². The van der Waals surface area contributed by atoms with Gasteiger partial charge in [0, 0.05) is 5.92 Å². The summed E-state index contributed by atoms with van der Waals surface area (Å²) in [6.45, 7) is 9.07. The number of piperidine rings is 1. The number of halogens is 6. The van der Waals surface area contributed by atoms with Gasteiger partial charge in [-0.3, -0.25) is 0 Å². The quantitative estimate of drug-likeness (QED) is 0.166. The molecule has 174 valence electrons. The van der Waals surface area contributed by atoms with E-state index in [-0.39, 0.29) is 0 Å². The first-order valence-corrected chi connectivity index (χ1v) is 13.2. The molecule has 1 aliphatic heterocycles. The fourth-order valence-electron chi connectivity index (χ4n) is 3.84. The Morgan fingerprint density at radius 2 is 1.11 bits per heavy atom. The molecule has 1 nitrogen and oxygen atoms in total. The van der Waals surface area contributed by atoms with Gasteiger partial charge in [0.25, 0.3) is 0 Å². The van der Waals surface area contributed by atoms with E-state index < -0.39 is 7.81 Å². The molecule has 0 bridgehead atoms. The summed E-state index contributed by atoms with van der Waals surface area (Å²) in [6, 6.07) is 0. The van der Waals surface area contributed by atoms with Crippen molar-refractivity contribution in [1.82, 2.24) is 0 Å². The van der Waals surface area contributed by atoms with Crippen molar-refractivity contribution in [3.05, 3.63) is 0 Å². The summed E-state index contributed by atoms with van der Waals surface area (Å²) in [6.07, 6.45) is 20.6. The van der Waals surface area contributed by atoms with E-state index in [1.165, 1.54) is 110 Å². The predicted octanol–water partition coefficient (Wildman–Crippen LogP) is 8.38. The molecule has 1 heterocycles. The molecule has 1 N–H and O–H groups in total. The average Bonchev–Trinajstić information content (AvgIpc) is 2.53. The van der Waals surface area contributed by atoms with Crippen LogP contribution in [0.4, 0.5) is 25.2 Å². The fourth-order valence-corrected chi connectivity index (χ4v) is 3.84. The predicted molar refractivity (Wildman–Crippen MR) is 109 cm³/mol. The molecule has 0 radical (unpaired) electrons. The van der Waals surface area contributed by atoms with Gasteiger partial charge >= 0.3 is 33.0 Å². The molecule has 0 aromatic heterocycles. The first kappa shape index (κ1) is 28.0. The topological polar surface area (TPSA) is 4.44 Å². The molecule has 1 saturated heterocycles. The minimum atomic E-state index is -10.7. The SMILES string of the molecule is CCCCCCCCCCCCCC[NH+]1CCCC(C)C1.F[P-](F)(F)(F)(F)F. The molecule has 1 fully saturated rings. The van der Waals surface area contributed by atoms with E-state index in [1.54, 1.807) is 0 Å². The zero-order chi connectivity index (χ0) is 21.6. The third kappa shape index (κ3) is 28.2. The Kier molecular flexibility index (Phi) is 12.6. The van der Waals surface area contributed by atoms with Gasteiger partial charge < -0.3 is 4.90 Å². The Morgan fingerprint density at radius 1 is 0.714 bits per heavy atom. The van der Waals surface area contributed by atoms with Crippen LogP contribution in [0.1, 0.15) is 104 Å². The van der Waals surface area contributed by atoms with E-state index in [0.717, 1.165) is 5.92 Å². The molecule has 8 heteroatoms. The zero-order valence-electron chi connectivity index (χ0n) is 17.8. The summed E-state index contributed by atoms with van der Waals surface area (Å²) in [5.41, 5.74) is 0. The maximum absolute atomic E-state index is 10.7. The number of quaternary nitrogens is 1. The standard InChI is InChI=1S/C20H41N.F6P/c1-3-4-5-6-7-8-9-10-11-12-13-14-17-21-18-15-16-20(2)19-21;1-7(2,3,4,5)6/h20H,3-19H2,1-2H3;/q;-1/p+1. The average molecular weight is 442 g/mol. The van der Waals surface area contributed by atoms with E-state index in [2.05, 4.69) is 13.8 Å². The van der Waals surface area contributed by atoms with Crippen LogP contribution in [0, 0.1) is 5.92 Å². The fraction of sp³-hybridized carbons (Fsp3) is 1.00. The van der Waals surface area contributed by atoms with Gasteiger partial charge in [0.1, 0.15) is 0 Å². The summed E-state index contributed by atoms with van der Waals surface area (Å²) < 4.78 is 59.2. The van der Waals surface area contributed by atoms with Crippen LogP contribution in [0.3, 0.4) is 0 Å². The molecule has 0 spiro atoms. The summed E-state index contributed by atoms with van der Waals surface area (Å²) in [5.74, 6) is 0.978. The molecule has 0 aromatic rings.